The largest absolute Gasteiger partial charge is 0.377 e. The summed E-state index contributed by atoms with van der Waals surface area (Å²) in [5.74, 6) is 0.0820. The first-order valence-electron chi connectivity index (χ1n) is 10.1. The standard InChI is InChI=1S/C22H38N4O2/c1-10-16(4)26(20(27)15(2)3)14-17-13-18(11-12-19(17)25(8)9)23-21(28)24-22(5,6)7/h11-13,15-16H,10,14H2,1-9H3,(H2,23,24,28). The fourth-order valence-corrected chi connectivity index (χ4v) is 2.92. The predicted octanol–water partition coefficient (Wildman–Crippen LogP) is 4.46. The van der Waals surface area contributed by atoms with E-state index in [1.165, 1.54) is 0 Å². The highest BCUT2D eigenvalue weighted by molar-refractivity contribution is 5.90. The van der Waals surface area contributed by atoms with Gasteiger partial charge in [0, 0.05) is 49.5 Å². The van der Waals surface area contributed by atoms with Gasteiger partial charge in [-0.15, -0.1) is 0 Å². The number of carbonyl (C=O) groups is 2. The maximum Gasteiger partial charge on any atom is 0.319 e. The molecule has 1 rings (SSSR count). The van der Waals surface area contributed by atoms with Crippen LogP contribution in [0.4, 0.5) is 16.2 Å². The van der Waals surface area contributed by atoms with Crippen molar-refractivity contribution in [1.82, 2.24) is 10.2 Å². The summed E-state index contributed by atoms with van der Waals surface area (Å²) in [6.07, 6.45) is 0.891. The molecule has 0 saturated carbocycles. The number of amides is 3. The third-order valence-corrected chi connectivity index (χ3v) is 4.55. The number of rotatable bonds is 7. The van der Waals surface area contributed by atoms with Gasteiger partial charge in [-0.25, -0.2) is 4.79 Å². The van der Waals surface area contributed by atoms with Crippen LogP contribution in [0, 0.1) is 5.92 Å². The van der Waals surface area contributed by atoms with Crippen LogP contribution in [0.3, 0.4) is 0 Å². The van der Waals surface area contributed by atoms with E-state index in [-0.39, 0.29) is 29.4 Å². The summed E-state index contributed by atoms with van der Waals surface area (Å²) >= 11 is 0. The lowest BCUT2D eigenvalue weighted by atomic mass is 10.1. The van der Waals surface area contributed by atoms with E-state index < -0.39 is 0 Å². The molecule has 3 amide bonds. The summed E-state index contributed by atoms with van der Waals surface area (Å²) < 4.78 is 0. The molecule has 158 valence electrons. The first-order chi connectivity index (χ1) is 12.9. The Labute approximate surface area is 170 Å². The van der Waals surface area contributed by atoms with E-state index in [9.17, 15) is 9.59 Å². The highest BCUT2D eigenvalue weighted by Crippen LogP contribution is 2.26. The van der Waals surface area contributed by atoms with Crippen LogP contribution in [-0.4, -0.2) is 42.5 Å². The minimum absolute atomic E-state index is 0.0596. The molecule has 28 heavy (non-hydrogen) atoms. The van der Waals surface area contributed by atoms with E-state index >= 15 is 0 Å². The van der Waals surface area contributed by atoms with E-state index in [1.807, 2.05) is 76.7 Å². The number of urea groups is 1. The van der Waals surface area contributed by atoms with Gasteiger partial charge in [0.25, 0.3) is 0 Å². The molecule has 0 aromatic heterocycles. The average Bonchev–Trinajstić information content (AvgIpc) is 2.56. The zero-order chi connectivity index (χ0) is 21.6. The molecule has 0 aliphatic rings. The third kappa shape index (κ3) is 7.06. The van der Waals surface area contributed by atoms with Gasteiger partial charge in [-0.1, -0.05) is 20.8 Å². The lowest BCUT2D eigenvalue weighted by molar-refractivity contribution is -0.137. The van der Waals surface area contributed by atoms with Crippen molar-refractivity contribution >= 4 is 23.3 Å². The van der Waals surface area contributed by atoms with Gasteiger partial charge >= 0.3 is 6.03 Å². The minimum atomic E-state index is -0.312. The fraction of sp³-hybridized carbons (Fsp3) is 0.636. The summed E-state index contributed by atoms with van der Waals surface area (Å²) in [6.45, 7) is 14.4. The maximum absolute atomic E-state index is 12.8. The molecule has 0 saturated heterocycles. The summed E-state index contributed by atoms with van der Waals surface area (Å²) in [5, 5.41) is 5.80. The Hall–Kier alpha value is -2.24. The summed E-state index contributed by atoms with van der Waals surface area (Å²) in [5.41, 5.74) is 2.44. The lowest BCUT2D eigenvalue weighted by Gasteiger charge is -2.32. The molecule has 0 spiro atoms. The Kier molecular flexibility index (Phi) is 8.33. The molecule has 0 aliphatic carbocycles. The van der Waals surface area contributed by atoms with Crippen molar-refractivity contribution in [3.63, 3.8) is 0 Å². The molecular formula is C22H38N4O2. The number of hydrogen-bond acceptors (Lipinski definition) is 3. The van der Waals surface area contributed by atoms with E-state index in [0.29, 0.717) is 12.2 Å². The average molecular weight is 391 g/mol. The molecule has 0 fully saturated rings. The number of anilines is 2. The van der Waals surface area contributed by atoms with Gasteiger partial charge in [0.15, 0.2) is 0 Å². The number of nitrogens with zero attached hydrogens (tertiary/aromatic N) is 2. The number of carbonyl (C=O) groups excluding carboxylic acids is 2. The summed E-state index contributed by atoms with van der Waals surface area (Å²) in [6, 6.07) is 5.73. The molecule has 1 aromatic carbocycles. The first-order valence-corrected chi connectivity index (χ1v) is 10.1. The van der Waals surface area contributed by atoms with Crippen molar-refractivity contribution in [1.29, 1.82) is 0 Å². The van der Waals surface area contributed by atoms with Crippen LogP contribution in [0.25, 0.3) is 0 Å². The Morgan fingerprint density at radius 2 is 1.71 bits per heavy atom. The zero-order valence-corrected chi connectivity index (χ0v) is 19.0. The van der Waals surface area contributed by atoms with Crippen molar-refractivity contribution in [3.05, 3.63) is 23.8 Å². The second-order valence-corrected chi connectivity index (χ2v) is 8.95. The molecule has 0 aliphatic heterocycles. The first kappa shape index (κ1) is 23.8. The van der Waals surface area contributed by atoms with E-state index in [2.05, 4.69) is 24.5 Å². The molecule has 0 heterocycles. The van der Waals surface area contributed by atoms with Crippen LogP contribution in [0.5, 0.6) is 0 Å². The van der Waals surface area contributed by atoms with Crippen LogP contribution >= 0.6 is 0 Å². The lowest BCUT2D eigenvalue weighted by Crippen LogP contribution is -2.43. The molecule has 2 N–H and O–H groups in total. The normalized spacial score (nSPS) is 12.5. The quantitative estimate of drug-likeness (QED) is 0.723. The number of nitrogens with one attached hydrogen (secondary N) is 2. The predicted molar refractivity (Wildman–Crippen MR) is 118 cm³/mol. The molecule has 0 radical (unpaired) electrons. The number of hydrogen-bond donors (Lipinski definition) is 2. The maximum atomic E-state index is 12.8. The van der Waals surface area contributed by atoms with Crippen molar-refractivity contribution < 1.29 is 9.59 Å². The SMILES string of the molecule is CCC(C)N(Cc1cc(NC(=O)NC(C)(C)C)ccc1N(C)C)C(=O)C(C)C. The van der Waals surface area contributed by atoms with E-state index in [0.717, 1.165) is 17.7 Å². The van der Waals surface area contributed by atoms with Crippen molar-refractivity contribution in [2.24, 2.45) is 5.92 Å². The van der Waals surface area contributed by atoms with Crippen molar-refractivity contribution in [3.8, 4) is 0 Å². The summed E-state index contributed by atoms with van der Waals surface area (Å²) in [7, 11) is 3.96. The van der Waals surface area contributed by atoms with Crippen molar-refractivity contribution in [2.75, 3.05) is 24.3 Å². The highest BCUT2D eigenvalue weighted by atomic mass is 16.2. The van der Waals surface area contributed by atoms with Gasteiger partial charge in [-0.05, 0) is 57.9 Å². The minimum Gasteiger partial charge on any atom is -0.377 e. The Morgan fingerprint density at radius 3 is 2.18 bits per heavy atom. The Bertz CT molecular complexity index is 678. The monoisotopic (exact) mass is 390 g/mol. The zero-order valence-electron chi connectivity index (χ0n) is 19.0. The van der Waals surface area contributed by atoms with Crippen LogP contribution < -0.4 is 15.5 Å². The highest BCUT2D eigenvalue weighted by Gasteiger charge is 2.23. The molecular weight excluding hydrogens is 352 g/mol. The van der Waals surface area contributed by atoms with E-state index in [1.54, 1.807) is 0 Å². The van der Waals surface area contributed by atoms with Crippen molar-refractivity contribution in [2.45, 2.75) is 73.0 Å². The molecule has 0 bridgehead atoms. The topological polar surface area (TPSA) is 64.7 Å². The second kappa shape index (κ2) is 9.80. The van der Waals surface area contributed by atoms with E-state index in [4.69, 9.17) is 0 Å². The summed E-state index contributed by atoms with van der Waals surface area (Å²) in [4.78, 5) is 29.0. The molecule has 1 unspecified atom stereocenters. The smallest absolute Gasteiger partial charge is 0.319 e. The van der Waals surface area contributed by atoms with Gasteiger partial charge in [-0.3, -0.25) is 4.79 Å². The van der Waals surface area contributed by atoms with Gasteiger partial charge in [0.1, 0.15) is 0 Å². The Balaban J connectivity index is 3.19. The third-order valence-electron chi connectivity index (χ3n) is 4.55. The van der Waals surface area contributed by atoms with Crippen LogP contribution in [-0.2, 0) is 11.3 Å². The van der Waals surface area contributed by atoms with Crippen LogP contribution in [0.1, 0.15) is 60.5 Å². The van der Waals surface area contributed by atoms with Gasteiger partial charge in [0.05, 0.1) is 0 Å². The van der Waals surface area contributed by atoms with Gasteiger partial charge in [-0.2, -0.15) is 0 Å². The van der Waals surface area contributed by atoms with Crippen LogP contribution in [0.2, 0.25) is 0 Å². The molecule has 1 atom stereocenters. The fourth-order valence-electron chi connectivity index (χ4n) is 2.92. The van der Waals surface area contributed by atoms with Gasteiger partial charge in [0.2, 0.25) is 5.91 Å². The van der Waals surface area contributed by atoms with Gasteiger partial charge < -0.3 is 20.4 Å². The molecule has 6 heteroatoms. The molecule has 6 nitrogen and oxygen atoms in total. The number of benzene rings is 1. The van der Waals surface area contributed by atoms with Crippen LogP contribution in [0.15, 0.2) is 18.2 Å². The second-order valence-electron chi connectivity index (χ2n) is 8.95. The Morgan fingerprint density at radius 1 is 1.11 bits per heavy atom. The molecule has 1 aromatic rings.